The first kappa shape index (κ1) is 22.4. The van der Waals surface area contributed by atoms with Gasteiger partial charge in [-0.25, -0.2) is 15.0 Å². The van der Waals surface area contributed by atoms with Crippen LogP contribution in [0, 0.1) is 0 Å². The van der Waals surface area contributed by atoms with Gasteiger partial charge in [0.15, 0.2) is 5.65 Å². The smallest absolute Gasteiger partial charge is 0.254 e. The molecule has 2 aromatic carbocycles. The summed E-state index contributed by atoms with van der Waals surface area (Å²) in [6, 6.07) is 16.1. The molecule has 0 unspecified atom stereocenters. The van der Waals surface area contributed by atoms with Gasteiger partial charge in [0, 0.05) is 31.2 Å². The molecule has 1 saturated heterocycles. The second-order valence-electron chi connectivity index (χ2n) is 9.03. The van der Waals surface area contributed by atoms with Crippen molar-refractivity contribution in [3.05, 3.63) is 87.8 Å². The second kappa shape index (κ2) is 9.18. The third-order valence-corrected chi connectivity index (χ3v) is 6.82. The number of ether oxygens (including phenoxy) is 1. The van der Waals surface area contributed by atoms with E-state index in [1.807, 2.05) is 41.4 Å². The summed E-state index contributed by atoms with van der Waals surface area (Å²) >= 11 is 0. The predicted octanol–water partition coefficient (Wildman–Crippen LogP) is 2.75. The van der Waals surface area contributed by atoms with E-state index in [2.05, 4.69) is 22.1 Å². The minimum atomic E-state index is -0.778. The van der Waals surface area contributed by atoms with Gasteiger partial charge in [-0.05, 0) is 54.7 Å². The molecule has 2 aliphatic rings. The van der Waals surface area contributed by atoms with Crippen LogP contribution >= 0.6 is 0 Å². The number of nitrogens with zero attached hydrogens (tertiary/aromatic N) is 5. The van der Waals surface area contributed by atoms with Crippen LogP contribution in [0.1, 0.15) is 27.9 Å². The number of hydrogen-bond acceptors (Lipinski definition) is 7. The van der Waals surface area contributed by atoms with E-state index in [-0.39, 0.29) is 10.9 Å². The number of anilines is 2. The van der Waals surface area contributed by atoms with Crippen LogP contribution in [0.2, 0.25) is 0 Å². The van der Waals surface area contributed by atoms with Gasteiger partial charge in [-0.3, -0.25) is 9.59 Å². The van der Waals surface area contributed by atoms with Gasteiger partial charge in [-0.15, -0.1) is 0 Å². The third kappa shape index (κ3) is 3.92. The molecular formula is C27H26N6O3. The molecule has 4 aromatic rings. The largest absolute Gasteiger partial charge is 0.379 e. The molecule has 6 rings (SSSR count). The number of hydrogen-bond donors (Lipinski definition) is 1. The Balaban J connectivity index is 1.57. The highest BCUT2D eigenvalue weighted by molar-refractivity contribution is 5.96. The Labute approximate surface area is 207 Å². The molecule has 36 heavy (non-hydrogen) atoms. The van der Waals surface area contributed by atoms with Crippen LogP contribution in [0.15, 0.2) is 65.7 Å². The van der Waals surface area contributed by atoms with Gasteiger partial charge < -0.3 is 15.0 Å². The number of amides is 1. The van der Waals surface area contributed by atoms with Crippen molar-refractivity contribution in [1.29, 1.82) is 0 Å². The molecule has 1 aliphatic heterocycles. The number of carbonyl (C=O) groups is 1. The molecule has 182 valence electrons. The molecule has 9 heteroatoms. The van der Waals surface area contributed by atoms with Gasteiger partial charge in [-0.2, -0.15) is 4.98 Å². The number of carbonyl (C=O) groups excluding carboxylic acids is 1. The first-order chi connectivity index (χ1) is 17.6. The van der Waals surface area contributed by atoms with Crippen molar-refractivity contribution in [1.82, 2.24) is 19.5 Å². The van der Waals surface area contributed by atoms with Gasteiger partial charge in [-0.1, -0.05) is 24.3 Å². The molecule has 2 N–H and O–H groups in total. The number of rotatable bonds is 5. The van der Waals surface area contributed by atoms with Crippen LogP contribution in [0.3, 0.4) is 0 Å². The van der Waals surface area contributed by atoms with E-state index in [0.29, 0.717) is 37.9 Å². The zero-order valence-electron chi connectivity index (χ0n) is 19.8. The van der Waals surface area contributed by atoms with Crippen molar-refractivity contribution < 1.29 is 9.53 Å². The lowest BCUT2D eigenvalue weighted by Crippen LogP contribution is -2.47. The van der Waals surface area contributed by atoms with E-state index in [1.165, 1.54) is 23.5 Å². The number of morpholine rings is 1. The monoisotopic (exact) mass is 482 g/mol. The first-order valence-electron chi connectivity index (χ1n) is 12.1. The summed E-state index contributed by atoms with van der Waals surface area (Å²) in [5.74, 6) is -0.350. The van der Waals surface area contributed by atoms with Crippen molar-refractivity contribution in [2.24, 2.45) is 5.73 Å². The molecule has 0 saturated carbocycles. The quantitative estimate of drug-likeness (QED) is 0.466. The molecule has 0 radical (unpaired) electrons. The van der Waals surface area contributed by atoms with E-state index in [9.17, 15) is 9.59 Å². The number of primary amides is 1. The van der Waals surface area contributed by atoms with E-state index >= 15 is 0 Å². The Bertz CT molecular complexity index is 1510. The fraction of sp³-hybridized carbons (Fsp3) is 0.259. The number of para-hydroxylation sites is 1. The van der Waals surface area contributed by atoms with Crippen LogP contribution in [-0.2, 0) is 17.6 Å². The van der Waals surface area contributed by atoms with Crippen molar-refractivity contribution in [2.75, 3.05) is 31.3 Å². The average Bonchev–Trinajstić information content (AvgIpc) is 3.38. The summed E-state index contributed by atoms with van der Waals surface area (Å²) in [4.78, 5) is 34.8. The molecule has 0 spiro atoms. The fourth-order valence-electron chi connectivity index (χ4n) is 5.01. The highest BCUT2D eigenvalue weighted by atomic mass is 16.5. The molecule has 1 fully saturated rings. The highest BCUT2D eigenvalue weighted by Crippen LogP contribution is 2.28. The summed E-state index contributed by atoms with van der Waals surface area (Å²) in [6.45, 7) is 2.54. The molecule has 1 amide bonds. The number of hydrazine groups is 1. The molecule has 0 atom stereocenters. The standard InChI is InChI=1S/C27H26N6O3/c28-25(35)23-17-32(21-10-9-18-5-4-6-19(18)15-21)26-22(24(23)34)16-29-27(30-26)33(20-7-2-1-3-8-20)31-11-13-36-14-12-31/h1-3,7-10,15-17H,4-6,11-14H2,(H2,28,35). The second-order valence-corrected chi connectivity index (χ2v) is 9.03. The molecular weight excluding hydrogens is 456 g/mol. The maximum absolute atomic E-state index is 13.2. The maximum Gasteiger partial charge on any atom is 0.254 e. The zero-order valence-corrected chi connectivity index (χ0v) is 19.8. The lowest BCUT2D eigenvalue weighted by Gasteiger charge is -2.37. The van der Waals surface area contributed by atoms with Crippen LogP contribution in [0.5, 0.6) is 0 Å². The Morgan fingerprint density at radius 3 is 2.58 bits per heavy atom. The first-order valence-corrected chi connectivity index (χ1v) is 12.1. The van der Waals surface area contributed by atoms with Gasteiger partial charge in [0.1, 0.15) is 5.56 Å². The zero-order chi connectivity index (χ0) is 24.6. The van der Waals surface area contributed by atoms with Crippen LogP contribution in [0.25, 0.3) is 16.7 Å². The van der Waals surface area contributed by atoms with Crippen molar-refractivity contribution in [3.8, 4) is 5.69 Å². The molecule has 1 aliphatic carbocycles. The van der Waals surface area contributed by atoms with Crippen molar-refractivity contribution in [3.63, 3.8) is 0 Å². The summed E-state index contributed by atoms with van der Waals surface area (Å²) in [6.07, 6.45) is 6.18. The molecule has 9 nitrogen and oxygen atoms in total. The van der Waals surface area contributed by atoms with Crippen molar-refractivity contribution in [2.45, 2.75) is 19.3 Å². The lowest BCUT2D eigenvalue weighted by molar-refractivity contribution is 0.0372. The Kier molecular flexibility index (Phi) is 5.71. The van der Waals surface area contributed by atoms with E-state index in [4.69, 9.17) is 15.5 Å². The topological polar surface area (TPSA) is 107 Å². The summed E-state index contributed by atoms with van der Waals surface area (Å²) < 4.78 is 7.34. The van der Waals surface area contributed by atoms with Crippen LogP contribution in [0.4, 0.5) is 11.6 Å². The van der Waals surface area contributed by atoms with E-state index in [1.54, 1.807) is 4.57 Å². The number of nitrogens with two attached hydrogens (primary N) is 1. The third-order valence-electron chi connectivity index (χ3n) is 6.82. The molecule has 2 aromatic heterocycles. The van der Waals surface area contributed by atoms with Crippen LogP contribution in [-0.4, -0.2) is 51.8 Å². The summed E-state index contributed by atoms with van der Waals surface area (Å²) in [5, 5.41) is 4.34. The number of pyridine rings is 1. The van der Waals surface area contributed by atoms with Crippen LogP contribution < -0.4 is 16.2 Å². The minimum absolute atomic E-state index is 0.0903. The number of benzene rings is 2. The highest BCUT2D eigenvalue weighted by Gasteiger charge is 2.25. The molecule has 3 heterocycles. The number of fused-ring (bicyclic) bond motifs is 2. The maximum atomic E-state index is 13.2. The lowest BCUT2D eigenvalue weighted by atomic mass is 10.1. The fourth-order valence-corrected chi connectivity index (χ4v) is 5.01. The number of aromatic nitrogens is 3. The normalized spacial score (nSPS) is 15.7. The SMILES string of the molecule is NC(=O)c1cn(-c2ccc3c(c2)CCC3)c2nc(N(c3ccccc3)N3CCOCC3)ncc2c1=O. The van der Waals surface area contributed by atoms with E-state index in [0.717, 1.165) is 30.6 Å². The van der Waals surface area contributed by atoms with Crippen molar-refractivity contribution >= 4 is 28.6 Å². The van der Waals surface area contributed by atoms with Gasteiger partial charge in [0.25, 0.3) is 5.91 Å². The van der Waals surface area contributed by atoms with Gasteiger partial charge in [0.05, 0.1) is 24.3 Å². The van der Waals surface area contributed by atoms with Gasteiger partial charge >= 0.3 is 0 Å². The minimum Gasteiger partial charge on any atom is -0.379 e. The Hall–Kier alpha value is -4.08. The Morgan fingerprint density at radius 2 is 1.81 bits per heavy atom. The number of aryl methyl sites for hydroxylation is 2. The molecule has 0 bridgehead atoms. The Morgan fingerprint density at radius 1 is 1.03 bits per heavy atom. The van der Waals surface area contributed by atoms with E-state index < -0.39 is 11.3 Å². The van der Waals surface area contributed by atoms with Gasteiger partial charge in [0.2, 0.25) is 11.4 Å². The average molecular weight is 483 g/mol. The summed E-state index contributed by atoms with van der Waals surface area (Å²) in [5.41, 5.74) is 9.76. The summed E-state index contributed by atoms with van der Waals surface area (Å²) in [7, 11) is 0. The predicted molar refractivity (Wildman–Crippen MR) is 137 cm³/mol.